The molecule has 0 saturated carbocycles. The molecule has 0 aromatic rings. The summed E-state index contributed by atoms with van der Waals surface area (Å²) in [5, 5.41) is -0.725. The van der Waals surface area contributed by atoms with E-state index in [0.29, 0.717) is 0 Å². The lowest BCUT2D eigenvalue weighted by molar-refractivity contribution is 0.503. The van der Waals surface area contributed by atoms with Crippen molar-refractivity contribution in [3.8, 4) is 0 Å². The third kappa shape index (κ3) is 1.62. The highest BCUT2D eigenvalue weighted by molar-refractivity contribution is 7.98. The van der Waals surface area contributed by atoms with Gasteiger partial charge in [-0.25, -0.2) is 21.1 Å². The minimum atomic E-state index is -3.36. The fourth-order valence-electron chi connectivity index (χ4n) is 0.988. The average Bonchev–Trinajstić information content (AvgIpc) is 1.82. The lowest BCUT2D eigenvalue weighted by atomic mass is 10.5. The van der Waals surface area contributed by atoms with E-state index in [1.807, 2.05) is 0 Å². The summed E-state index contributed by atoms with van der Waals surface area (Å²) in [5.74, 6) is -0.457. The quantitative estimate of drug-likeness (QED) is 0.570. The van der Waals surface area contributed by atoms with Crippen molar-refractivity contribution in [3.05, 3.63) is 0 Å². The van der Waals surface area contributed by atoms with Gasteiger partial charge in [-0.05, 0) is 0 Å². The first-order chi connectivity index (χ1) is 5.26. The number of sulfonamides is 1. The summed E-state index contributed by atoms with van der Waals surface area (Å²) in [6.45, 7) is 0. The highest BCUT2D eigenvalue weighted by Gasteiger charge is 2.43. The van der Waals surface area contributed by atoms with Gasteiger partial charge in [0.1, 0.15) is 5.25 Å². The van der Waals surface area contributed by atoms with Crippen LogP contribution < -0.4 is 0 Å². The second-order valence-electron chi connectivity index (χ2n) is 3.03. The van der Waals surface area contributed by atoms with Gasteiger partial charge in [0.15, 0.2) is 9.84 Å². The second kappa shape index (κ2) is 2.68. The maximum absolute atomic E-state index is 11.3. The molecule has 5 nitrogen and oxygen atoms in total. The molecule has 1 rings (SSSR count). The standard InChI is InChI=1S/C5H11NO4S2/c1-6(2)12(9,10)5-3-11(7,8)4-5/h5H,3-4H2,1-2H3. The zero-order chi connectivity index (χ0) is 9.57. The van der Waals surface area contributed by atoms with E-state index in [1.165, 1.54) is 14.1 Å². The van der Waals surface area contributed by atoms with Crippen molar-refractivity contribution < 1.29 is 16.8 Å². The van der Waals surface area contributed by atoms with Gasteiger partial charge in [0, 0.05) is 14.1 Å². The number of rotatable bonds is 2. The van der Waals surface area contributed by atoms with E-state index in [1.54, 1.807) is 0 Å². The van der Waals surface area contributed by atoms with Gasteiger partial charge in [-0.3, -0.25) is 0 Å². The number of sulfone groups is 1. The fourth-order valence-corrected chi connectivity index (χ4v) is 5.24. The third-order valence-electron chi connectivity index (χ3n) is 1.81. The van der Waals surface area contributed by atoms with Crippen LogP contribution in [-0.4, -0.2) is 52.0 Å². The van der Waals surface area contributed by atoms with Crippen LogP contribution in [0.5, 0.6) is 0 Å². The molecule has 0 unspecified atom stereocenters. The predicted molar refractivity (Wildman–Crippen MR) is 45.0 cm³/mol. The van der Waals surface area contributed by atoms with E-state index < -0.39 is 25.1 Å². The Kier molecular flexibility index (Phi) is 2.22. The molecule has 0 aromatic heterocycles. The Morgan fingerprint density at radius 2 is 1.67 bits per heavy atom. The molecule has 0 aliphatic carbocycles. The van der Waals surface area contributed by atoms with Gasteiger partial charge in [-0.15, -0.1) is 0 Å². The lowest BCUT2D eigenvalue weighted by Crippen LogP contribution is -2.50. The Balaban J connectivity index is 2.78. The molecule has 7 heteroatoms. The van der Waals surface area contributed by atoms with Gasteiger partial charge in [-0.1, -0.05) is 0 Å². The molecule has 0 bridgehead atoms. The van der Waals surface area contributed by atoms with Crippen molar-refractivity contribution in [2.24, 2.45) is 0 Å². The molecule has 0 radical (unpaired) electrons. The summed E-state index contributed by atoms with van der Waals surface area (Å²) in [5.41, 5.74) is 0. The van der Waals surface area contributed by atoms with Crippen LogP contribution in [0.3, 0.4) is 0 Å². The number of nitrogens with zero attached hydrogens (tertiary/aromatic N) is 1. The normalized spacial score (nSPS) is 23.9. The zero-order valence-electron chi connectivity index (χ0n) is 6.89. The Morgan fingerprint density at radius 1 is 1.25 bits per heavy atom. The SMILES string of the molecule is CN(C)S(=O)(=O)C1CS(=O)(=O)C1. The zero-order valence-corrected chi connectivity index (χ0v) is 8.52. The van der Waals surface area contributed by atoms with Crippen LogP contribution in [0.2, 0.25) is 0 Å². The highest BCUT2D eigenvalue weighted by Crippen LogP contribution is 2.20. The van der Waals surface area contributed by atoms with Crippen LogP contribution in [0.25, 0.3) is 0 Å². The molecule has 12 heavy (non-hydrogen) atoms. The molecule has 1 aliphatic rings. The van der Waals surface area contributed by atoms with Crippen LogP contribution in [0.1, 0.15) is 0 Å². The third-order valence-corrected chi connectivity index (χ3v) is 6.25. The van der Waals surface area contributed by atoms with Gasteiger partial charge in [0.25, 0.3) is 0 Å². The Labute approximate surface area is 72.3 Å². The van der Waals surface area contributed by atoms with E-state index in [9.17, 15) is 16.8 Å². The van der Waals surface area contributed by atoms with Crippen molar-refractivity contribution in [1.82, 2.24) is 4.31 Å². The number of hydrogen-bond acceptors (Lipinski definition) is 4. The topological polar surface area (TPSA) is 71.5 Å². The second-order valence-corrected chi connectivity index (χ2v) is 7.61. The molecule has 0 spiro atoms. The van der Waals surface area contributed by atoms with Crippen LogP contribution in [0.15, 0.2) is 0 Å². The minimum Gasteiger partial charge on any atom is -0.229 e. The number of hydrogen-bond donors (Lipinski definition) is 0. The van der Waals surface area contributed by atoms with Gasteiger partial charge < -0.3 is 0 Å². The van der Waals surface area contributed by atoms with Crippen molar-refractivity contribution in [3.63, 3.8) is 0 Å². The van der Waals surface area contributed by atoms with Gasteiger partial charge in [0.2, 0.25) is 10.0 Å². The van der Waals surface area contributed by atoms with Gasteiger partial charge in [0.05, 0.1) is 11.5 Å². The Hall–Kier alpha value is -0.140. The highest BCUT2D eigenvalue weighted by atomic mass is 32.2. The summed E-state index contributed by atoms with van der Waals surface area (Å²) >= 11 is 0. The lowest BCUT2D eigenvalue weighted by Gasteiger charge is -2.27. The minimum absolute atomic E-state index is 0.229. The molecule has 72 valence electrons. The molecule has 1 heterocycles. The van der Waals surface area contributed by atoms with Crippen LogP contribution in [0.4, 0.5) is 0 Å². The molecule has 1 fully saturated rings. The summed E-state index contributed by atoms with van der Waals surface area (Å²) in [6, 6.07) is 0. The van der Waals surface area contributed by atoms with Crippen LogP contribution in [0, 0.1) is 0 Å². The van der Waals surface area contributed by atoms with E-state index >= 15 is 0 Å². The van der Waals surface area contributed by atoms with E-state index in [4.69, 9.17) is 0 Å². The fraction of sp³-hybridized carbons (Fsp3) is 1.00. The Morgan fingerprint density at radius 3 is 1.92 bits per heavy atom. The maximum Gasteiger partial charge on any atom is 0.218 e. The molecule has 0 aromatic carbocycles. The summed E-state index contributed by atoms with van der Waals surface area (Å²) in [7, 11) is -3.60. The summed E-state index contributed by atoms with van der Waals surface area (Å²) in [6.07, 6.45) is 0. The first kappa shape index (κ1) is 9.94. The molecule has 0 amide bonds. The monoisotopic (exact) mass is 213 g/mol. The van der Waals surface area contributed by atoms with Crippen molar-refractivity contribution in [1.29, 1.82) is 0 Å². The molecule has 1 aliphatic heterocycles. The molecule has 0 atom stereocenters. The van der Waals surface area contributed by atoms with Gasteiger partial charge >= 0.3 is 0 Å². The van der Waals surface area contributed by atoms with Gasteiger partial charge in [-0.2, -0.15) is 0 Å². The molecule has 0 N–H and O–H groups in total. The van der Waals surface area contributed by atoms with Crippen LogP contribution >= 0.6 is 0 Å². The summed E-state index contributed by atoms with van der Waals surface area (Å²) < 4.78 is 45.0. The summed E-state index contributed by atoms with van der Waals surface area (Å²) in [4.78, 5) is 0. The largest absolute Gasteiger partial charge is 0.229 e. The average molecular weight is 213 g/mol. The molecular formula is C5H11NO4S2. The van der Waals surface area contributed by atoms with Crippen LogP contribution in [-0.2, 0) is 19.9 Å². The van der Waals surface area contributed by atoms with Crippen molar-refractivity contribution in [2.75, 3.05) is 25.6 Å². The van der Waals surface area contributed by atoms with E-state index in [0.717, 1.165) is 4.31 Å². The predicted octanol–water partition coefficient (Wildman–Crippen LogP) is -1.33. The van der Waals surface area contributed by atoms with E-state index in [2.05, 4.69) is 0 Å². The van der Waals surface area contributed by atoms with Crippen molar-refractivity contribution >= 4 is 19.9 Å². The molecule has 1 saturated heterocycles. The smallest absolute Gasteiger partial charge is 0.218 e. The Bertz CT molecular complexity index is 354. The molecular weight excluding hydrogens is 202 g/mol. The first-order valence-corrected chi connectivity index (χ1v) is 6.70. The maximum atomic E-state index is 11.3. The van der Waals surface area contributed by atoms with E-state index in [-0.39, 0.29) is 11.5 Å². The first-order valence-electron chi connectivity index (χ1n) is 3.37. The van der Waals surface area contributed by atoms with Crippen molar-refractivity contribution in [2.45, 2.75) is 5.25 Å².